The fraction of sp³-hybridized carbons (Fsp3) is 0.154. The lowest BCUT2D eigenvalue weighted by molar-refractivity contribution is -0.122. The number of carbonyl (C=O) groups is 3. The van der Waals surface area contributed by atoms with Crippen molar-refractivity contribution in [2.24, 2.45) is 0 Å². The van der Waals surface area contributed by atoms with Crippen LogP contribution in [0, 0.1) is 13.8 Å². The van der Waals surface area contributed by atoms with E-state index in [1.165, 1.54) is 29.2 Å². The monoisotopic (exact) mass is 507 g/mol. The van der Waals surface area contributed by atoms with Crippen molar-refractivity contribution in [1.29, 1.82) is 0 Å². The van der Waals surface area contributed by atoms with Gasteiger partial charge in [-0.25, -0.2) is 4.79 Å². The van der Waals surface area contributed by atoms with Crippen LogP contribution in [0.4, 0.5) is 5.69 Å². The second-order valence-corrected chi connectivity index (χ2v) is 8.90. The standard InChI is InChI=1S/C26H22ClN3O4S/c1-4-16-5-8-19(9-6-16)30-24(32)20(23(31)28-26(30)35)12-18-11-14(2)29(15(18)3)22-13-17(25(33)34)7-10-21(22)27/h5-13H,4H2,1-3H3,(H,33,34)(H,28,31,35)/b20-12+. The molecule has 1 aromatic heterocycles. The van der Waals surface area contributed by atoms with E-state index in [2.05, 4.69) is 5.32 Å². The van der Waals surface area contributed by atoms with Gasteiger partial charge in [-0.15, -0.1) is 0 Å². The van der Waals surface area contributed by atoms with Gasteiger partial charge in [0.1, 0.15) is 5.57 Å². The van der Waals surface area contributed by atoms with E-state index in [1.807, 2.05) is 26.0 Å². The highest BCUT2D eigenvalue weighted by molar-refractivity contribution is 7.80. The van der Waals surface area contributed by atoms with E-state index >= 15 is 0 Å². The summed E-state index contributed by atoms with van der Waals surface area (Å²) in [6.07, 6.45) is 2.37. The van der Waals surface area contributed by atoms with Crippen molar-refractivity contribution in [2.75, 3.05) is 4.90 Å². The van der Waals surface area contributed by atoms with Crippen LogP contribution in [0.2, 0.25) is 5.02 Å². The van der Waals surface area contributed by atoms with Crippen molar-refractivity contribution >= 4 is 58.5 Å². The van der Waals surface area contributed by atoms with Crippen molar-refractivity contribution in [2.45, 2.75) is 27.2 Å². The first-order valence-electron chi connectivity index (χ1n) is 10.8. The Labute approximate surface area is 212 Å². The first kappa shape index (κ1) is 24.4. The van der Waals surface area contributed by atoms with Crippen molar-refractivity contribution < 1.29 is 19.5 Å². The molecule has 0 aliphatic carbocycles. The van der Waals surface area contributed by atoms with Crippen molar-refractivity contribution in [1.82, 2.24) is 9.88 Å². The smallest absolute Gasteiger partial charge is 0.335 e. The van der Waals surface area contributed by atoms with Gasteiger partial charge in [-0.1, -0.05) is 30.7 Å². The third-order valence-electron chi connectivity index (χ3n) is 5.91. The molecular formula is C26H22ClN3O4S. The van der Waals surface area contributed by atoms with Crippen LogP contribution in [-0.4, -0.2) is 32.6 Å². The van der Waals surface area contributed by atoms with Crippen LogP contribution in [0.15, 0.2) is 54.1 Å². The van der Waals surface area contributed by atoms with Crippen molar-refractivity contribution in [3.63, 3.8) is 0 Å². The molecule has 0 radical (unpaired) electrons. The van der Waals surface area contributed by atoms with Crippen LogP contribution in [-0.2, 0) is 16.0 Å². The van der Waals surface area contributed by atoms with E-state index in [1.54, 1.807) is 29.7 Å². The van der Waals surface area contributed by atoms with Crippen LogP contribution in [0.5, 0.6) is 0 Å². The highest BCUT2D eigenvalue weighted by Crippen LogP contribution is 2.30. The molecule has 0 atom stereocenters. The minimum Gasteiger partial charge on any atom is -0.478 e. The quantitative estimate of drug-likeness (QED) is 0.293. The number of hydrogen-bond donors (Lipinski definition) is 2. The second-order valence-electron chi connectivity index (χ2n) is 8.11. The molecule has 2 N–H and O–H groups in total. The summed E-state index contributed by atoms with van der Waals surface area (Å²) in [4.78, 5) is 38.9. The molecule has 2 amide bonds. The number of anilines is 1. The Bertz CT molecular complexity index is 1420. The van der Waals surface area contributed by atoms with Crippen LogP contribution < -0.4 is 10.2 Å². The maximum Gasteiger partial charge on any atom is 0.335 e. The molecule has 4 rings (SSSR count). The number of nitrogens with one attached hydrogen (secondary N) is 1. The number of hydrogen-bond acceptors (Lipinski definition) is 4. The predicted molar refractivity (Wildman–Crippen MR) is 139 cm³/mol. The summed E-state index contributed by atoms with van der Waals surface area (Å²) in [7, 11) is 0. The molecule has 1 aliphatic rings. The molecule has 0 saturated carbocycles. The van der Waals surface area contributed by atoms with Crippen LogP contribution in [0.25, 0.3) is 11.8 Å². The zero-order chi connectivity index (χ0) is 25.4. The third-order valence-corrected chi connectivity index (χ3v) is 6.51. The van der Waals surface area contributed by atoms with Crippen LogP contribution in [0.1, 0.15) is 39.8 Å². The molecule has 7 nitrogen and oxygen atoms in total. The number of rotatable bonds is 5. The van der Waals surface area contributed by atoms with Crippen molar-refractivity contribution in [3.05, 3.63) is 87.2 Å². The molecule has 1 saturated heterocycles. The maximum absolute atomic E-state index is 13.4. The number of carbonyl (C=O) groups excluding carboxylic acids is 2. The lowest BCUT2D eigenvalue weighted by Crippen LogP contribution is -2.54. The predicted octanol–water partition coefficient (Wildman–Crippen LogP) is 4.84. The van der Waals surface area contributed by atoms with Crippen LogP contribution in [0.3, 0.4) is 0 Å². The Morgan fingerprint density at radius 1 is 1.11 bits per heavy atom. The number of aryl methyl sites for hydroxylation is 2. The molecule has 178 valence electrons. The Morgan fingerprint density at radius 2 is 1.80 bits per heavy atom. The summed E-state index contributed by atoms with van der Waals surface area (Å²) < 4.78 is 1.79. The van der Waals surface area contributed by atoms with E-state index in [4.69, 9.17) is 23.8 Å². The zero-order valence-corrected chi connectivity index (χ0v) is 20.8. The van der Waals surface area contributed by atoms with Gasteiger partial charge in [-0.2, -0.15) is 0 Å². The van der Waals surface area contributed by atoms with Gasteiger partial charge in [0.15, 0.2) is 5.11 Å². The molecule has 35 heavy (non-hydrogen) atoms. The highest BCUT2D eigenvalue weighted by Gasteiger charge is 2.34. The Morgan fingerprint density at radius 3 is 2.43 bits per heavy atom. The molecule has 9 heteroatoms. The topological polar surface area (TPSA) is 91.6 Å². The second kappa shape index (κ2) is 9.48. The Balaban J connectivity index is 1.77. The van der Waals surface area contributed by atoms with Gasteiger partial charge in [0.25, 0.3) is 11.8 Å². The molecule has 0 spiro atoms. The third kappa shape index (κ3) is 4.50. The Hall–Kier alpha value is -3.75. The van der Waals surface area contributed by atoms with E-state index in [-0.39, 0.29) is 16.2 Å². The summed E-state index contributed by atoms with van der Waals surface area (Å²) in [5.41, 5.74) is 4.25. The largest absolute Gasteiger partial charge is 0.478 e. The average Bonchev–Trinajstić information content (AvgIpc) is 3.09. The number of aromatic carboxylic acids is 1. The van der Waals surface area contributed by atoms with Gasteiger partial charge in [0.2, 0.25) is 0 Å². The number of amides is 2. The van der Waals surface area contributed by atoms with Crippen LogP contribution >= 0.6 is 23.8 Å². The number of nitrogens with zero attached hydrogens (tertiary/aromatic N) is 2. The van der Waals surface area contributed by atoms with Crippen molar-refractivity contribution in [3.8, 4) is 5.69 Å². The summed E-state index contributed by atoms with van der Waals surface area (Å²) in [5, 5.41) is 12.4. The number of halogens is 1. The fourth-order valence-corrected chi connectivity index (χ4v) is 4.53. The molecule has 1 aliphatic heterocycles. The Kier molecular flexibility index (Phi) is 6.60. The first-order valence-corrected chi connectivity index (χ1v) is 11.6. The van der Waals surface area contributed by atoms with Gasteiger partial charge >= 0.3 is 5.97 Å². The molecule has 2 heterocycles. The van der Waals surface area contributed by atoms with Gasteiger partial charge in [0, 0.05) is 11.4 Å². The number of thiocarbonyl (C=S) groups is 1. The summed E-state index contributed by atoms with van der Waals surface area (Å²) in [6.45, 7) is 5.67. The average molecular weight is 508 g/mol. The van der Waals surface area contributed by atoms with Gasteiger partial charge < -0.3 is 9.67 Å². The maximum atomic E-state index is 13.4. The number of benzene rings is 2. The molecular weight excluding hydrogens is 486 g/mol. The van der Waals surface area contributed by atoms with E-state index in [0.29, 0.717) is 27.7 Å². The lowest BCUT2D eigenvalue weighted by Gasteiger charge is -2.29. The normalized spacial score (nSPS) is 15.0. The minimum atomic E-state index is -1.07. The molecule has 0 unspecified atom stereocenters. The lowest BCUT2D eigenvalue weighted by atomic mass is 10.1. The van der Waals surface area contributed by atoms with Gasteiger partial charge in [-0.3, -0.25) is 19.8 Å². The minimum absolute atomic E-state index is 0.0177. The van der Waals surface area contributed by atoms with Gasteiger partial charge in [0.05, 0.1) is 22.0 Å². The number of carboxylic acid groups (broad SMARTS) is 1. The molecule has 2 aromatic carbocycles. The fourth-order valence-electron chi connectivity index (χ4n) is 4.05. The first-order chi connectivity index (χ1) is 16.6. The van der Waals surface area contributed by atoms with E-state index < -0.39 is 17.8 Å². The summed E-state index contributed by atoms with van der Waals surface area (Å²) in [6, 6.07) is 13.7. The van der Waals surface area contributed by atoms with Gasteiger partial charge in [-0.05, 0) is 86.1 Å². The SMILES string of the molecule is CCc1ccc(N2C(=O)/C(=C/c3cc(C)n(-c4cc(C(=O)O)ccc4Cl)c3C)C(=O)NC2=S)cc1. The molecule has 1 fully saturated rings. The number of carboxylic acids is 1. The van der Waals surface area contributed by atoms with E-state index in [9.17, 15) is 19.5 Å². The number of aromatic nitrogens is 1. The molecule has 0 bridgehead atoms. The highest BCUT2D eigenvalue weighted by atomic mass is 35.5. The summed E-state index contributed by atoms with van der Waals surface area (Å²) >= 11 is 11.7. The zero-order valence-electron chi connectivity index (χ0n) is 19.3. The summed E-state index contributed by atoms with van der Waals surface area (Å²) in [5.74, 6) is -2.18. The van der Waals surface area contributed by atoms with E-state index in [0.717, 1.165) is 17.7 Å². The molecule has 3 aromatic rings.